The van der Waals surface area contributed by atoms with Gasteiger partial charge in [-0.05, 0) is 55.7 Å². The van der Waals surface area contributed by atoms with Crippen molar-refractivity contribution >= 4 is 11.4 Å². The summed E-state index contributed by atoms with van der Waals surface area (Å²) in [5.74, 6) is 1.13. The summed E-state index contributed by atoms with van der Waals surface area (Å²) in [4.78, 5) is 2.43. The van der Waals surface area contributed by atoms with Crippen molar-refractivity contribution in [3.8, 4) is 6.07 Å². The van der Waals surface area contributed by atoms with Gasteiger partial charge in [0.1, 0.15) is 11.8 Å². The second kappa shape index (κ2) is 5.92. The van der Waals surface area contributed by atoms with Gasteiger partial charge in [0.2, 0.25) is 5.76 Å². The lowest BCUT2D eigenvalue weighted by molar-refractivity contribution is 0.506. The minimum Gasteiger partial charge on any atom is -0.449 e. The zero-order chi connectivity index (χ0) is 14.7. The molecule has 1 aromatic carbocycles. The van der Waals surface area contributed by atoms with E-state index in [0.29, 0.717) is 12.3 Å². The first-order valence-electron chi connectivity index (χ1n) is 7.34. The Bertz CT molecular complexity index is 663. The third-order valence-corrected chi connectivity index (χ3v) is 3.91. The Balaban J connectivity index is 1.66. The molecule has 0 unspecified atom stereocenters. The second-order valence-corrected chi connectivity index (χ2v) is 5.42. The summed E-state index contributed by atoms with van der Waals surface area (Å²) in [5, 5.41) is 12.1. The van der Waals surface area contributed by atoms with Crippen molar-refractivity contribution in [2.75, 3.05) is 23.3 Å². The van der Waals surface area contributed by atoms with Crippen molar-refractivity contribution in [1.82, 2.24) is 0 Å². The van der Waals surface area contributed by atoms with Gasteiger partial charge in [0.25, 0.3) is 0 Å². The number of rotatable bonds is 4. The number of anilines is 2. The molecule has 1 N–H and O–H groups in total. The van der Waals surface area contributed by atoms with E-state index in [0.717, 1.165) is 24.5 Å². The molecule has 1 fully saturated rings. The van der Waals surface area contributed by atoms with Gasteiger partial charge >= 0.3 is 0 Å². The van der Waals surface area contributed by atoms with Crippen LogP contribution in [0.15, 0.2) is 34.7 Å². The molecule has 0 radical (unpaired) electrons. The van der Waals surface area contributed by atoms with Gasteiger partial charge in [-0.25, -0.2) is 0 Å². The minimum absolute atomic E-state index is 0.355. The second-order valence-electron chi connectivity index (χ2n) is 5.42. The van der Waals surface area contributed by atoms with Crippen molar-refractivity contribution in [2.45, 2.75) is 26.3 Å². The number of furan rings is 1. The normalized spacial score (nSPS) is 14.2. The van der Waals surface area contributed by atoms with E-state index in [1.54, 1.807) is 6.07 Å². The van der Waals surface area contributed by atoms with Crippen LogP contribution in [-0.2, 0) is 6.54 Å². The Morgan fingerprint density at radius 3 is 2.71 bits per heavy atom. The molecule has 1 aromatic heterocycles. The van der Waals surface area contributed by atoms with Crippen LogP contribution in [0.3, 0.4) is 0 Å². The van der Waals surface area contributed by atoms with Crippen molar-refractivity contribution < 1.29 is 4.42 Å². The predicted octanol–water partition coefficient (Wildman–Crippen LogP) is 3.67. The number of nitrogens with zero attached hydrogens (tertiary/aromatic N) is 2. The van der Waals surface area contributed by atoms with Crippen LogP contribution in [0.4, 0.5) is 11.4 Å². The average Bonchev–Trinajstić information content (AvgIpc) is 3.17. The van der Waals surface area contributed by atoms with Crippen molar-refractivity contribution in [2.24, 2.45) is 0 Å². The number of aryl methyl sites for hydroxylation is 1. The molecule has 2 heterocycles. The summed E-state index contributed by atoms with van der Waals surface area (Å²) in [6.07, 6.45) is 2.58. The van der Waals surface area contributed by atoms with Crippen LogP contribution in [0.5, 0.6) is 0 Å². The Hall–Kier alpha value is -2.41. The van der Waals surface area contributed by atoms with Crippen molar-refractivity contribution in [3.05, 3.63) is 47.4 Å². The molecule has 0 amide bonds. The van der Waals surface area contributed by atoms with E-state index in [2.05, 4.69) is 35.3 Å². The summed E-state index contributed by atoms with van der Waals surface area (Å²) < 4.78 is 5.37. The molecular formula is C17H19N3O. The highest BCUT2D eigenvalue weighted by molar-refractivity contribution is 5.60. The maximum absolute atomic E-state index is 8.75. The molecular weight excluding hydrogens is 262 g/mol. The molecule has 1 aliphatic heterocycles. The van der Waals surface area contributed by atoms with Gasteiger partial charge < -0.3 is 14.6 Å². The fourth-order valence-electron chi connectivity index (χ4n) is 2.73. The topological polar surface area (TPSA) is 52.2 Å². The molecule has 0 saturated carbocycles. The zero-order valence-corrected chi connectivity index (χ0v) is 12.2. The number of benzene rings is 1. The van der Waals surface area contributed by atoms with E-state index < -0.39 is 0 Å². The average molecular weight is 281 g/mol. The third-order valence-electron chi connectivity index (χ3n) is 3.91. The maximum atomic E-state index is 8.75. The van der Waals surface area contributed by atoms with Crippen LogP contribution >= 0.6 is 0 Å². The third kappa shape index (κ3) is 3.03. The molecule has 3 rings (SSSR count). The van der Waals surface area contributed by atoms with Crippen LogP contribution in [-0.4, -0.2) is 13.1 Å². The summed E-state index contributed by atoms with van der Waals surface area (Å²) >= 11 is 0. The van der Waals surface area contributed by atoms with Gasteiger partial charge in [0.15, 0.2) is 0 Å². The SMILES string of the molecule is Cc1cc(N2CCCC2)ccc1NCc1ccc(C#N)o1. The standard InChI is InChI=1S/C17H19N3O/c1-13-10-14(20-8-2-3-9-20)4-7-17(13)19-12-16-6-5-15(11-18)21-16/h4-7,10,19H,2-3,8-9,12H2,1H3. The summed E-state index contributed by atoms with van der Waals surface area (Å²) in [7, 11) is 0. The summed E-state index contributed by atoms with van der Waals surface area (Å²) in [6, 6.07) is 12.0. The summed E-state index contributed by atoms with van der Waals surface area (Å²) in [6.45, 7) is 5.03. The molecule has 0 bridgehead atoms. The number of nitriles is 1. The van der Waals surface area contributed by atoms with Gasteiger partial charge in [0, 0.05) is 24.5 Å². The first-order valence-corrected chi connectivity index (χ1v) is 7.34. The van der Waals surface area contributed by atoms with E-state index in [4.69, 9.17) is 9.68 Å². The lowest BCUT2D eigenvalue weighted by atomic mass is 10.1. The Kier molecular flexibility index (Phi) is 3.83. The Labute approximate surface area is 125 Å². The number of hydrogen-bond acceptors (Lipinski definition) is 4. The number of hydrogen-bond donors (Lipinski definition) is 1. The lowest BCUT2D eigenvalue weighted by Gasteiger charge is -2.19. The molecule has 108 valence electrons. The number of nitrogens with one attached hydrogen (secondary N) is 1. The van der Waals surface area contributed by atoms with Crippen LogP contribution in [0.2, 0.25) is 0 Å². The van der Waals surface area contributed by atoms with Crippen LogP contribution < -0.4 is 10.2 Å². The highest BCUT2D eigenvalue weighted by atomic mass is 16.3. The van der Waals surface area contributed by atoms with Crippen LogP contribution in [0.25, 0.3) is 0 Å². The largest absolute Gasteiger partial charge is 0.449 e. The maximum Gasteiger partial charge on any atom is 0.203 e. The predicted molar refractivity (Wildman–Crippen MR) is 83.4 cm³/mol. The molecule has 2 aromatic rings. The monoisotopic (exact) mass is 281 g/mol. The minimum atomic E-state index is 0.355. The highest BCUT2D eigenvalue weighted by Crippen LogP contribution is 2.25. The van der Waals surface area contributed by atoms with Gasteiger partial charge in [-0.3, -0.25) is 0 Å². The lowest BCUT2D eigenvalue weighted by Crippen LogP contribution is -2.17. The van der Waals surface area contributed by atoms with Gasteiger partial charge in [-0.1, -0.05) is 0 Å². The quantitative estimate of drug-likeness (QED) is 0.929. The fourth-order valence-corrected chi connectivity index (χ4v) is 2.73. The van der Waals surface area contributed by atoms with E-state index in [9.17, 15) is 0 Å². The molecule has 1 aliphatic rings. The zero-order valence-electron chi connectivity index (χ0n) is 12.2. The van der Waals surface area contributed by atoms with Crippen molar-refractivity contribution in [3.63, 3.8) is 0 Å². The molecule has 0 aliphatic carbocycles. The molecule has 0 spiro atoms. The fraction of sp³-hybridized carbons (Fsp3) is 0.353. The highest BCUT2D eigenvalue weighted by Gasteiger charge is 2.13. The first kappa shape index (κ1) is 13.6. The van der Waals surface area contributed by atoms with Crippen molar-refractivity contribution in [1.29, 1.82) is 5.26 Å². The Morgan fingerprint density at radius 1 is 1.24 bits per heavy atom. The van der Waals surface area contributed by atoms with E-state index in [1.807, 2.05) is 12.1 Å². The van der Waals surface area contributed by atoms with E-state index in [1.165, 1.54) is 24.1 Å². The van der Waals surface area contributed by atoms with Gasteiger partial charge in [-0.2, -0.15) is 5.26 Å². The van der Waals surface area contributed by atoms with Gasteiger partial charge in [0.05, 0.1) is 6.54 Å². The summed E-state index contributed by atoms with van der Waals surface area (Å²) in [5.41, 5.74) is 3.64. The molecule has 0 atom stereocenters. The van der Waals surface area contributed by atoms with E-state index >= 15 is 0 Å². The molecule has 1 saturated heterocycles. The first-order chi connectivity index (χ1) is 10.3. The smallest absolute Gasteiger partial charge is 0.203 e. The molecule has 21 heavy (non-hydrogen) atoms. The van der Waals surface area contributed by atoms with Gasteiger partial charge in [-0.15, -0.1) is 0 Å². The Morgan fingerprint density at radius 2 is 2.05 bits per heavy atom. The molecule has 4 nitrogen and oxygen atoms in total. The van der Waals surface area contributed by atoms with E-state index in [-0.39, 0.29) is 0 Å². The van der Waals surface area contributed by atoms with Crippen LogP contribution in [0, 0.1) is 18.3 Å². The molecule has 4 heteroatoms. The van der Waals surface area contributed by atoms with Crippen LogP contribution in [0.1, 0.15) is 29.9 Å².